The molecule has 3 aromatic carbocycles. The Hall–Kier alpha value is -3.01. The van der Waals surface area contributed by atoms with Gasteiger partial charge < -0.3 is 0 Å². The van der Waals surface area contributed by atoms with Crippen molar-refractivity contribution in [3.63, 3.8) is 0 Å². The first kappa shape index (κ1) is 22.7. The molecule has 0 saturated carbocycles. The van der Waals surface area contributed by atoms with Gasteiger partial charge in [0.15, 0.2) is 0 Å². The van der Waals surface area contributed by atoms with E-state index >= 15 is 0 Å². The van der Waals surface area contributed by atoms with Crippen molar-refractivity contribution < 1.29 is 44.3 Å². The lowest BCUT2D eigenvalue weighted by Gasteiger charge is -2.20. The molecule has 0 spiro atoms. The normalized spacial score (nSPS) is 12.3. The number of ether oxygens (including phenoxy) is 1. The zero-order chi connectivity index (χ0) is 23.1. The summed E-state index contributed by atoms with van der Waals surface area (Å²) in [7, 11) is 0. The first-order chi connectivity index (χ1) is 14.3. The molecule has 0 saturated heterocycles. The lowest BCUT2D eigenvalue weighted by molar-refractivity contribution is -0.432. The highest BCUT2D eigenvalue weighted by Crippen LogP contribution is 2.41. The van der Waals surface area contributed by atoms with Crippen molar-refractivity contribution in [2.24, 2.45) is 0 Å². The van der Waals surface area contributed by atoms with Crippen LogP contribution in [0.15, 0.2) is 48.5 Å². The molecular formula is C21H11F9O. The van der Waals surface area contributed by atoms with Crippen LogP contribution >= 0.6 is 0 Å². The van der Waals surface area contributed by atoms with Crippen molar-refractivity contribution in [3.05, 3.63) is 82.9 Å². The summed E-state index contributed by atoms with van der Waals surface area (Å²) in [4.78, 5) is 0. The van der Waals surface area contributed by atoms with Gasteiger partial charge in [-0.25, -0.2) is 22.3 Å². The van der Waals surface area contributed by atoms with E-state index in [0.717, 1.165) is 17.7 Å². The first-order valence-corrected chi connectivity index (χ1v) is 8.49. The van der Waals surface area contributed by atoms with Crippen LogP contribution in [0, 0.1) is 30.2 Å². The molecule has 0 aliphatic carbocycles. The molecule has 0 N–H and O–H groups in total. The summed E-state index contributed by atoms with van der Waals surface area (Å²) in [5, 5.41) is 0. The summed E-state index contributed by atoms with van der Waals surface area (Å²) in [5.41, 5.74) is -2.69. The Morgan fingerprint density at radius 1 is 0.613 bits per heavy atom. The number of rotatable bonds is 4. The fourth-order valence-corrected chi connectivity index (χ4v) is 2.95. The fourth-order valence-electron chi connectivity index (χ4n) is 2.95. The van der Waals surface area contributed by atoms with E-state index < -0.39 is 52.4 Å². The van der Waals surface area contributed by atoms with Gasteiger partial charge >= 0.3 is 12.5 Å². The maximum absolute atomic E-state index is 14.6. The maximum Gasteiger partial charge on any atom is 0.527 e. The Bertz CT molecular complexity index is 1070. The van der Waals surface area contributed by atoms with Crippen LogP contribution in [0.2, 0.25) is 0 Å². The van der Waals surface area contributed by atoms with Crippen LogP contribution in [0.25, 0.3) is 22.3 Å². The number of hydrogen-bond donors (Lipinski definition) is 0. The quantitative estimate of drug-likeness (QED) is 0.375. The Kier molecular flexibility index (Phi) is 5.79. The van der Waals surface area contributed by atoms with E-state index in [4.69, 9.17) is 0 Å². The first-order valence-electron chi connectivity index (χ1n) is 8.49. The molecule has 0 bridgehead atoms. The van der Waals surface area contributed by atoms with Crippen LogP contribution in [0.1, 0.15) is 11.1 Å². The van der Waals surface area contributed by atoms with Crippen molar-refractivity contribution in [2.45, 2.75) is 19.4 Å². The molecular weight excluding hydrogens is 439 g/mol. The Morgan fingerprint density at radius 2 is 1.06 bits per heavy atom. The molecule has 3 rings (SSSR count). The van der Waals surface area contributed by atoms with Gasteiger partial charge in [0, 0.05) is 0 Å². The van der Waals surface area contributed by atoms with Gasteiger partial charge in [0.05, 0.1) is 5.56 Å². The second-order valence-electron chi connectivity index (χ2n) is 6.56. The summed E-state index contributed by atoms with van der Waals surface area (Å²) in [5.74, 6) is -6.88. The van der Waals surface area contributed by atoms with Crippen LogP contribution in [0.3, 0.4) is 0 Å². The van der Waals surface area contributed by atoms with Gasteiger partial charge in [0.2, 0.25) is 0 Å². The van der Waals surface area contributed by atoms with Crippen LogP contribution in [-0.4, -0.2) is 6.36 Å². The number of alkyl halides is 5. The highest BCUT2D eigenvalue weighted by Gasteiger charge is 2.49. The highest BCUT2D eigenvalue weighted by atomic mass is 19.4. The van der Waals surface area contributed by atoms with E-state index in [1.54, 1.807) is 31.2 Å². The summed E-state index contributed by atoms with van der Waals surface area (Å²) in [6, 6.07) is 8.47. The minimum absolute atomic E-state index is 0.0963. The monoisotopic (exact) mass is 450 g/mol. The van der Waals surface area contributed by atoms with E-state index in [-0.39, 0.29) is 17.7 Å². The SMILES string of the molecule is Cc1ccc(-c2cc(F)c(-c3cc(F)c(C(F)(F)OC(F)(F)F)c(F)c3)c(F)c2)cc1. The van der Waals surface area contributed by atoms with E-state index in [1.165, 1.54) is 0 Å². The molecule has 0 aliphatic rings. The average Bonchev–Trinajstić information content (AvgIpc) is 2.58. The average molecular weight is 450 g/mol. The van der Waals surface area contributed by atoms with E-state index in [1.807, 2.05) is 0 Å². The second-order valence-corrected chi connectivity index (χ2v) is 6.56. The van der Waals surface area contributed by atoms with Gasteiger partial charge in [-0.15, -0.1) is 13.2 Å². The second kappa shape index (κ2) is 7.92. The third-order valence-corrected chi connectivity index (χ3v) is 4.29. The summed E-state index contributed by atoms with van der Waals surface area (Å²) in [6.07, 6.45) is -11.3. The predicted octanol–water partition coefficient (Wildman–Crippen LogP) is 7.47. The van der Waals surface area contributed by atoms with Gasteiger partial charge in [-0.3, -0.25) is 0 Å². The van der Waals surface area contributed by atoms with Gasteiger partial charge in [-0.2, -0.15) is 8.78 Å². The van der Waals surface area contributed by atoms with Crippen LogP contribution in [0.5, 0.6) is 0 Å². The maximum atomic E-state index is 14.6. The van der Waals surface area contributed by atoms with Gasteiger partial charge in [-0.1, -0.05) is 29.8 Å². The minimum Gasteiger partial charge on any atom is -0.222 e. The standard InChI is InChI=1S/C21H11F9O/c1-10-2-4-11(5-3-10)12-6-14(22)18(15(23)7-12)13-8-16(24)19(17(25)9-13)20(26,27)31-21(28,29)30/h2-9H,1H3. The van der Waals surface area contributed by atoms with E-state index in [0.29, 0.717) is 5.56 Å². The Balaban J connectivity index is 2.07. The Labute approximate surface area is 169 Å². The smallest absolute Gasteiger partial charge is 0.222 e. The topological polar surface area (TPSA) is 9.23 Å². The highest BCUT2D eigenvalue weighted by molar-refractivity contribution is 5.72. The largest absolute Gasteiger partial charge is 0.527 e. The molecule has 0 fully saturated rings. The summed E-state index contributed by atoms with van der Waals surface area (Å²) >= 11 is 0. The van der Waals surface area contributed by atoms with Crippen molar-refractivity contribution in [2.75, 3.05) is 0 Å². The molecule has 0 aliphatic heterocycles. The van der Waals surface area contributed by atoms with Crippen molar-refractivity contribution in [1.82, 2.24) is 0 Å². The molecule has 0 heterocycles. The van der Waals surface area contributed by atoms with E-state index in [2.05, 4.69) is 4.74 Å². The van der Waals surface area contributed by atoms with Crippen molar-refractivity contribution >= 4 is 0 Å². The van der Waals surface area contributed by atoms with E-state index in [9.17, 15) is 39.5 Å². The Morgan fingerprint density at radius 3 is 1.52 bits per heavy atom. The lowest BCUT2D eigenvalue weighted by atomic mass is 9.97. The lowest BCUT2D eigenvalue weighted by Crippen LogP contribution is -2.29. The molecule has 0 radical (unpaired) electrons. The third kappa shape index (κ3) is 4.84. The molecule has 31 heavy (non-hydrogen) atoms. The van der Waals surface area contributed by atoms with Crippen molar-refractivity contribution in [3.8, 4) is 22.3 Å². The molecule has 1 nitrogen and oxygen atoms in total. The predicted molar refractivity (Wildman–Crippen MR) is 92.9 cm³/mol. The summed E-state index contributed by atoms with van der Waals surface area (Å²) < 4.78 is 123. The molecule has 0 aromatic heterocycles. The molecule has 164 valence electrons. The van der Waals surface area contributed by atoms with Crippen LogP contribution < -0.4 is 0 Å². The van der Waals surface area contributed by atoms with Gasteiger partial charge in [0.1, 0.15) is 28.8 Å². The molecule has 0 amide bonds. The number of benzene rings is 3. The molecule has 0 atom stereocenters. The number of aryl methyl sites for hydroxylation is 1. The molecule has 3 aromatic rings. The zero-order valence-electron chi connectivity index (χ0n) is 15.4. The van der Waals surface area contributed by atoms with Crippen LogP contribution in [-0.2, 0) is 10.8 Å². The number of halogens is 9. The fraction of sp³-hybridized carbons (Fsp3) is 0.143. The van der Waals surface area contributed by atoms with Crippen LogP contribution in [0.4, 0.5) is 39.5 Å². The zero-order valence-corrected chi connectivity index (χ0v) is 15.4. The summed E-state index contributed by atoms with van der Waals surface area (Å²) in [6.45, 7) is 1.80. The van der Waals surface area contributed by atoms with Crippen molar-refractivity contribution in [1.29, 1.82) is 0 Å². The molecule has 0 unspecified atom stereocenters. The number of hydrogen-bond acceptors (Lipinski definition) is 1. The van der Waals surface area contributed by atoms with Gasteiger partial charge in [0.25, 0.3) is 0 Å². The molecule has 10 heteroatoms. The van der Waals surface area contributed by atoms with Gasteiger partial charge in [-0.05, 0) is 47.9 Å². The minimum atomic E-state index is -5.90. The third-order valence-electron chi connectivity index (χ3n) is 4.29.